The summed E-state index contributed by atoms with van der Waals surface area (Å²) < 4.78 is 29.8. The normalized spacial score (nSPS) is 11.1. The number of rotatable bonds is 4. The smallest absolute Gasteiger partial charge is 0.354 e. The molecule has 0 fully saturated rings. The maximum absolute atomic E-state index is 13.0. The van der Waals surface area contributed by atoms with Crippen LogP contribution in [0.15, 0.2) is 59.2 Å². The van der Waals surface area contributed by atoms with Gasteiger partial charge in [-0.2, -0.15) is 8.42 Å². The number of sulfonamides is 1. The van der Waals surface area contributed by atoms with Crippen LogP contribution in [0.2, 0.25) is 5.15 Å². The number of anilines is 1. The van der Waals surface area contributed by atoms with Gasteiger partial charge in [0.25, 0.3) is 10.0 Å². The molecule has 0 spiro atoms. The molecule has 3 heterocycles. The number of fused-ring (bicyclic) bond motifs is 1. The summed E-state index contributed by atoms with van der Waals surface area (Å²) in [5, 5.41) is 10.3. The van der Waals surface area contributed by atoms with Crippen LogP contribution in [0.25, 0.3) is 4.96 Å². The summed E-state index contributed by atoms with van der Waals surface area (Å²) in [5.41, 5.74) is 1.08. The molecular weight excluding hydrogens is 448 g/mol. The van der Waals surface area contributed by atoms with Crippen LogP contribution in [0.5, 0.6) is 0 Å². The molecule has 0 saturated heterocycles. The fourth-order valence-electron chi connectivity index (χ4n) is 2.59. The van der Waals surface area contributed by atoms with E-state index in [0.717, 1.165) is 0 Å². The number of imidazole rings is 1. The average Bonchev–Trinajstić information content (AvgIpc) is 3.27. The van der Waals surface area contributed by atoms with Crippen molar-refractivity contribution in [2.45, 2.75) is 5.03 Å². The molecule has 0 aliphatic rings. The van der Waals surface area contributed by atoms with Gasteiger partial charge in [-0.05, 0) is 24.3 Å². The summed E-state index contributed by atoms with van der Waals surface area (Å²) in [7, 11) is -4.04. The van der Waals surface area contributed by atoms with E-state index in [-0.39, 0.29) is 21.6 Å². The standard InChI is InChI=1S/C19H11ClN4O4S2/c20-16-17(24-9-10-29-19(24)22-16)30(27,28)23-14-4-2-1-3-13(14)7-5-12-6-8-15(18(25)26)21-11-12/h1-4,6,8-11,23H,(H,25,26). The zero-order valence-corrected chi connectivity index (χ0v) is 17.3. The first-order chi connectivity index (χ1) is 14.3. The Balaban J connectivity index is 1.67. The van der Waals surface area contributed by atoms with E-state index in [1.54, 1.807) is 35.8 Å². The van der Waals surface area contributed by atoms with Crippen molar-refractivity contribution in [2.24, 2.45) is 0 Å². The van der Waals surface area contributed by atoms with Gasteiger partial charge >= 0.3 is 5.97 Å². The Kier molecular flexibility index (Phi) is 5.17. The van der Waals surface area contributed by atoms with Crippen molar-refractivity contribution < 1.29 is 18.3 Å². The quantitative estimate of drug-likeness (QED) is 0.453. The largest absolute Gasteiger partial charge is 0.477 e. The molecule has 1 aromatic carbocycles. The SMILES string of the molecule is O=C(O)c1ccc(C#Cc2ccccc2NS(=O)(=O)c2c(Cl)nc3sccn23)cn1. The number of carbonyl (C=O) groups is 1. The fraction of sp³-hybridized carbons (Fsp3) is 0. The van der Waals surface area contributed by atoms with Crippen LogP contribution in [0.4, 0.5) is 5.69 Å². The van der Waals surface area contributed by atoms with Crippen LogP contribution in [0.1, 0.15) is 21.6 Å². The summed E-state index contributed by atoms with van der Waals surface area (Å²) in [6, 6.07) is 9.49. The molecule has 0 radical (unpaired) electrons. The van der Waals surface area contributed by atoms with E-state index in [2.05, 4.69) is 26.5 Å². The number of hydrogen-bond acceptors (Lipinski definition) is 6. The van der Waals surface area contributed by atoms with Gasteiger partial charge in [0.15, 0.2) is 15.1 Å². The van der Waals surface area contributed by atoms with Gasteiger partial charge in [-0.25, -0.2) is 14.8 Å². The lowest BCUT2D eigenvalue weighted by Crippen LogP contribution is -2.16. The van der Waals surface area contributed by atoms with Gasteiger partial charge in [-0.15, -0.1) is 11.3 Å². The van der Waals surface area contributed by atoms with Crippen LogP contribution >= 0.6 is 22.9 Å². The maximum atomic E-state index is 13.0. The molecule has 150 valence electrons. The van der Waals surface area contributed by atoms with Crippen molar-refractivity contribution in [3.05, 3.63) is 76.1 Å². The van der Waals surface area contributed by atoms with E-state index in [0.29, 0.717) is 16.1 Å². The zero-order chi connectivity index (χ0) is 21.3. The number of nitrogens with zero attached hydrogens (tertiary/aromatic N) is 3. The number of nitrogens with one attached hydrogen (secondary N) is 1. The molecule has 0 aliphatic heterocycles. The molecule has 4 rings (SSSR count). The topological polar surface area (TPSA) is 114 Å². The number of carboxylic acids is 1. The van der Waals surface area contributed by atoms with E-state index >= 15 is 0 Å². The van der Waals surface area contributed by atoms with E-state index in [9.17, 15) is 13.2 Å². The highest BCUT2D eigenvalue weighted by Gasteiger charge is 2.25. The van der Waals surface area contributed by atoms with E-state index in [1.807, 2.05) is 0 Å². The first-order valence-electron chi connectivity index (χ1n) is 8.29. The number of halogens is 1. The monoisotopic (exact) mass is 458 g/mol. The van der Waals surface area contributed by atoms with E-state index < -0.39 is 16.0 Å². The summed E-state index contributed by atoms with van der Waals surface area (Å²) >= 11 is 7.32. The molecule has 11 heteroatoms. The fourth-order valence-corrected chi connectivity index (χ4v) is 5.12. The van der Waals surface area contributed by atoms with Gasteiger partial charge in [0.05, 0.1) is 5.69 Å². The van der Waals surface area contributed by atoms with Gasteiger partial charge < -0.3 is 5.11 Å². The van der Waals surface area contributed by atoms with Gasteiger partial charge in [0, 0.05) is 28.9 Å². The van der Waals surface area contributed by atoms with E-state index in [4.69, 9.17) is 16.7 Å². The highest BCUT2D eigenvalue weighted by atomic mass is 35.5. The molecule has 2 N–H and O–H groups in total. The van der Waals surface area contributed by atoms with Crippen LogP contribution < -0.4 is 4.72 Å². The third-order valence-electron chi connectivity index (χ3n) is 3.93. The number of aromatic nitrogens is 3. The Morgan fingerprint density at radius 1 is 1.20 bits per heavy atom. The van der Waals surface area contributed by atoms with Crippen molar-refractivity contribution >= 4 is 49.6 Å². The maximum Gasteiger partial charge on any atom is 0.354 e. The first-order valence-corrected chi connectivity index (χ1v) is 11.0. The molecule has 0 aliphatic carbocycles. The summed E-state index contributed by atoms with van der Waals surface area (Å²) in [5.74, 6) is 4.59. The highest BCUT2D eigenvalue weighted by molar-refractivity contribution is 7.92. The minimum absolute atomic E-state index is 0.0915. The highest BCUT2D eigenvalue weighted by Crippen LogP contribution is 2.28. The van der Waals surface area contributed by atoms with Crippen molar-refractivity contribution in [2.75, 3.05) is 4.72 Å². The number of pyridine rings is 1. The van der Waals surface area contributed by atoms with Gasteiger partial charge in [0.2, 0.25) is 0 Å². The number of thiazole rings is 1. The lowest BCUT2D eigenvalue weighted by Gasteiger charge is -2.09. The predicted octanol–water partition coefficient (Wildman–Crippen LogP) is 3.34. The Morgan fingerprint density at radius 2 is 2.00 bits per heavy atom. The van der Waals surface area contributed by atoms with Crippen LogP contribution in [-0.2, 0) is 10.0 Å². The number of aromatic carboxylic acids is 1. The third kappa shape index (κ3) is 3.86. The summed E-state index contributed by atoms with van der Waals surface area (Å²) in [6.45, 7) is 0. The van der Waals surface area contributed by atoms with Crippen molar-refractivity contribution in [1.82, 2.24) is 14.4 Å². The van der Waals surface area contributed by atoms with Crippen molar-refractivity contribution in [3.8, 4) is 11.8 Å². The van der Waals surface area contributed by atoms with E-state index in [1.165, 1.54) is 34.1 Å². The van der Waals surface area contributed by atoms with Crippen LogP contribution in [0.3, 0.4) is 0 Å². The average molecular weight is 459 g/mol. The summed E-state index contributed by atoms with van der Waals surface area (Å²) in [4.78, 5) is 19.2. The lowest BCUT2D eigenvalue weighted by molar-refractivity contribution is 0.0690. The molecule has 4 aromatic rings. The number of benzene rings is 1. The number of para-hydroxylation sites is 1. The molecular formula is C19H11ClN4O4S2. The molecule has 0 unspecified atom stereocenters. The van der Waals surface area contributed by atoms with Crippen LogP contribution in [0, 0.1) is 11.8 Å². The molecule has 0 atom stereocenters. The second-order valence-electron chi connectivity index (χ2n) is 5.90. The number of carboxylic acid groups (broad SMARTS) is 1. The van der Waals surface area contributed by atoms with Crippen molar-refractivity contribution in [3.63, 3.8) is 0 Å². The first kappa shape index (κ1) is 19.9. The van der Waals surface area contributed by atoms with Crippen LogP contribution in [-0.4, -0.2) is 33.9 Å². The zero-order valence-electron chi connectivity index (χ0n) is 14.9. The molecule has 0 bridgehead atoms. The molecule has 3 aromatic heterocycles. The molecule has 0 amide bonds. The van der Waals surface area contributed by atoms with Gasteiger partial charge in [0.1, 0.15) is 5.69 Å². The van der Waals surface area contributed by atoms with Crippen molar-refractivity contribution in [1.29, 1.82) is 0 Å². The molecule has 30 heavy (non-hydrogen) atoms. The Labute approximate surface area is 179 Å². The molecule has 8 nitrogen and oxygen atoms in total. The minimum atomic E-state index is -4.04. The second-order valence-corrected chi connectivity index (χ2v) is 8.73. The Hall–Kier alpha value is -3.39. The molecule has 0 saturated carbocycles. The number of hydrogen-bond donors (Lipinski definition) is 2. The Bertz CT molecular complexity index is 1430. The lowest BCUT2D eigenvalue weighted by atomic mass is 10.1. The van der Waals surface area contributed by atoms with Gasteiger partial charge in [-0.1, -0.05) is 35.6 Å². The Morgan fingerprint density at radius 3 is 2.73 bits per heavy atom. The summed E-state index contributed by atoms with van der Waals surface area (Å²) in [6.07, 6.45) is 2.91. The third-order valence-corrected chi connectivity index (χ3v) is 6.45. The second kappa shape index (κ2) is 7.79. The minimum Gasteiger partial charge on any atom is -0.477 e. The van der Waals surface area contributed by atoms with Gasteiger partial charge in [-0.3, -0.25) is 9.12 Å². The predicted molar refractivity (Wildman–Crippen MR) is 113 cm³/mol.